The molecular formula is C14H20N2O4. The van der Waals surface area contributed by atoms with E-state index in [9.17, 15) is 4.79 Å². The van der Waals surface area contributed by atoms with Crippen LogP contribution in [0.15, 0.2) is 18.2 Å². The van der Waals surface area contributed by atoms with E-state index in [0.29, 0.717) is 24.6 Å². The topological polar surface area (TPSA) is 74.0 Å². The number of methoxy groups -OCH3 is 1. The van der Waals surface area contributed by atoms with Crippen molar-refractivity contribution in [2.75, 3.05) is 44.0 Å². The van der Waals surface area contributed by atoms with E-state index in [0.717, 1.165) is 5.69 Å². The first-order chi connectivity index (χ1) is 9.61. The number of anilines is 2. The number of hydrogen-bond donors (Lipinski definition) is 1. The number of carbonyl (C=O) groups is 1. The molecular weight excluding hydrogens is 260 g/mol. The zero-order valence-corrected chi connectivity index (χ0v) is 11.8. The van der Waals surface area contributed by atoms with E-state index in [2.05, 4.69) is 0 Å². The lowest BCUT2D eigenvalue weighted by Gasteiger charge is -2.35. The molecule has 2 N–H and O–H groups in total. The van der Waals surface area contributed by atoms with Crippen molar-refractivity contribution in [3.05, 3.63) is 18.2 Å². The molecule has 0 aliphatic carbocycles. The second kappa shape index (κ2) is 6.47. The zero-order chi connectivity index (χ0) is 14.5. The van der Waals surface area contributed by atoms with E-state index in [-0.39, 0.29) is 25.2 Å². The van der Waals surface area contributed by atoms with Crippen LogP contribution in [0.3, 0.4) is 0 Å². The molecule has 0 saturated heterocycles. The Morgan fingerprint density at radius 2 is 2.30 bits per heavy atom. The summed E-state index contributed by atoms with van der Waals surface area (Å²) in [5, 5.41) is 0. The smallest absolute Gasteiger partial charge is 0.325 e. The van der Waals surface area contributed by atoms with E-state index in [4.69, 9.17) is 19.9 Å². The van der Waals surface area contributed by atoms with E-state index >= 15 is 0 Å². The molecule has 0 spiro atoms. The van der Waals surface area contributed by atoms with Crippen molar-refractivity contribution in [2.24, 2.45) is 0 Å². The average molecular weight is 280 g/mol. The lowest BCUT2D eigenvalue weighted by atomic mass is 10.1. The summed E-state index contributed by atoms with van der Waals surface area (Å²) in [5.41, 5.74) is 7.34. The predicted molar refractivity (Wildman–Crippen MR) is 76.0 cm³/mol. The fourth-order valence-corrected chi connectivity index (χ4v) is 2.21. The standard InChI is InChI=1S/C14H20N2O4/c1-10-8-16(9-13(17)19-7-6-18-2)14-11(15)4-3-5-12(14)20-10/h3-5,10H,6-9,15H2,1-2H3. The van der Waals surface area contributed by atoms with Gasteiger partial charge in [0.1, 0.15) is 30.7 Å². The van der Waals surface area contributed by atoms with Crippen molar-refractivity contribution < 1.29 is 19.0 Å². The van der Waals surface area contributed by atoms with Crippen LogP contribution in [0.1, 0.15) is 6.92 Å². The Morgan fingerprint density at radius 1 is 1.50 bits per heavy atom. The van der Waals surface area contributed by atoms with Crippen LogP contribution >= 0.6 is 0 Å². The third kappa shape index (κ3) is 3.33. The van der Waals surface area contributed by atoms with Gasteiger partial charge >= 0.3 is 5.97 Å². The van der Waals surface area contributed by atoms with Crippen LogP contribution in [-0.4, -0.2) is 45.5 Å². The summed E-state index contributed by atoms with van der Waals surface area (Å²) in [6.07, 6.45) is -0.00363. The first kappa shape index (κ1) is 14.5. The number of esters is 1. The summed E-state index contributed by atoms with van der Waals surface area (Å²) in [4.78, 5) is 13.7. The number of nitrogen functional groups attached to an aromatic ring is 1. The van der Waals surface area contributed by atoms with Crippen LogP contribution in [0.2, 0.25) is 0 Å². The largest absolute Gasteiger partial charge is 0.487 e. The maximum Gasteiger partial charge on any atom is 0.325 e. The Kier molecular flexibility index (Phi) is 4.68. The highest BCUT2D eigenvalue weighted by molar-refractivity contribution is 5.82. The van der Waals surface area contributed by atoms with Gasteiger partial charge in [-0.3, -0.25) is 4.79 Å². The van der Waals surface area contributed by atoms with E-state index in [1.165, 1.54) is 0 Å². The summed E-state index contributed by atoms with van der Waals surface area (Å²) in [6, 6.07) is 5.48. The number of para-hydroxylation sites is 1. The molecule has 1 unspecified atom stereocenters. The number of nitrogens with two attached hydrogens (primary N) is 1. The maximum atomic E-state index is 11.8. The Morgan fingerprint density at radius 3 is 3.05 bits per heavy atom. The van der Waals surface area contributed by atoms with E-state index in [1.54, 1.807) is 13.2 Å². The van der Waals surface area contributed by atoms with Crippen molar-refractivity contribution >= 4 is 17.3 Å². The van der Waals surface area contributed by atoms with Crippen LogP contribution in [-0.2, 0) is 14.3 Å². The van der Waals surface area contributed by atoms with Crippen LogP contribution in [0, 0.1) is 0 Å². The van der Waals surface area contributed by atoms with Crippen LogP contribution in [0.4, 0.5) is 11.4 Å². The van der Waals surface area contributed by atoms with Gasteiger partial charge in [0.15, 0.2) is 0 Å². The SMILES string of the molecule is COCCOC(=O)CN1CC(C)Oc2cccc(N)c21. The molecule has 0 amide bonds. The van der Waals surface area contributed by atoms with Crippen molar-refractivity contribution in [1.82, 2.24) is 0 Å². The minimum atomic E-state index is -0.301. The Balaban J connectivity index is 2.07. The molecule has 0 radical (unpaired) electrons. The molecule has 0 aromatic heterocycles. The maximum absolute atomic E-state index is 11.8. The lowest BCUT2D eigenvalue weighted by Crippen LogP contribution is -2.42. The van der Waals surface area contributed by atoms with Gasteiger partial charge in [-0.25, -0.2) is 0 Å². The minimum Gasteiger partial charge on any atom is -0.487 e. The molecule has 0 saturated carbocycles. The molecule has 1 aliphatic heterocycles. The molecule has 1 aliphatic rings. The van der Waals surface area contributed by atoms with Gasteiger partial charge < -0.3 is 24.8 Å². The zero-order valence-electron chi connectivity index (χ0n) is 11.8. The van der Waals surface area contributed by atoms with Crippen molar-refractivity contribution in [3.63, 3.8) is 0 Å². The molecule has 6 heteroatoms. The van der Waals surface area contributed by atoms with Gasteiger partial charge in [0, 0.05) is 7.11 Å². The predicted octanol–water partition coefficient (Wildman–Crippen LogP) is 1.05. The molecule has 20 heavy (non-hydrogen) atoms. The summed E-state index contributed by atoms with van der Waals surface area (Å²) in [7, 11) is 1.56. The monoisotopic (exact) mass is 280 g/mol. The highest BCUT2D eigenvalue weighted by Gasteiger charge is 2.26. The normalized spacial score (nSPS) is 17.3. The number of carbonyl (C=O) groups excluding carboxylic acids is 1. The number of nitrogens with zero attached hydrogens (tertiary/aromatic N) is 1. The number of ether oxygens (including phenoxy) is 3. The molecule has 0 bridgehead atoms. The second-order valence-electron chi connectivity index (χ2n) is 4.72. The van der Waals surface area contributed by atoms with Gasteiger partial charge in [-0.15, -0.1) is 0 Å². The number of hydrogen-bond acceptors (Lipinski definition) is 6. The third-order valence-electron chi connectivity index (χ3n) is 3.02. The summed E-state index contributed by atoms with van der Waals surface area (Å²) >= 11 is 0. The van der Waals surface area contributed by atoms with Gasteiger partial charge in [-0.2, -0.15) is 0 Å². The fourth-order valence-electron chi connectivity index (χ4n) is 2.21. The molecule has 1 aromatic carbocycles. The summed E-state index contributed by atoms with van der Waals surface area (Å²) in [5.74, 6) is 0.402. The lowest BCUT2D eigenvalue weighted by molar-refractivity contribution is -0.143. The highest BCUT2D eigenvalue weighted by Crippen LogP contribution is 2.37. The minimum absolute atomic E-state index is 0.00363. The molecule has 6 nitrogen and oxygen atoms in total. The molecule has 0 fully saturated rings. The van der Waals surface area contributed by atoms with Gasteiger partial charge in [0.25, 0.3) is 0 Å². The molecule has 2 rings (SSSR count). The Labute approximate surface area is 118 Å². The average Bonchev–Trinajstić information content (AvgIpc) is 2.38. The number of rotatable bonds is 5. The first-order valence-electron chi connectivity index (χ1n) is 6.56. The van der Waals surface area contributed by atoms with Crippen LogP contribution < -0.4 is 15.4 Å². The van der Waals surface area contributed by atoms with Gasteiger partial charge in [0.2, 0.25) is 0 Å². The van der Waals surface area contributed by atoms with Gasteiger partial charge in [-0.05, 0) is 19.1 Å². The molecule has 1 heterocycles. The quantitative estimate of drug-likeness (QED) is 0.493. The third-order valence-corrected chi connectivity index (χ3v) is 3.02. The highest BCUT2D eigenvalue weighted by atomic mass is 16.6. The van der Waals surface area contributed by atoms with E-state index in [1.807, 2.05) is 24.0 Å². The second-order valence-corrected chi connectivity index (χ2v) is 4.72. The summed E-state index contributed by atoms with van der Waals surface area (Å²) < 4.78 is 15.7. The number of benzene rings is 1. The molecule has 1 aromatic rings. The summed E-state index contributed by atoms with van der Waals surface area (Å²) in [6.45, 7) is 3.35. The number of fused-ring (bicyclic) bond motifs is 1. The van der Waals surface area contributed by atoms with Gasteiger partial charge in [-0.1, -0.05) is 6.07 Å². The van der Waals surface area contributed by atoms with E-state index < -0.39 is 0 Å². The Bertz CT molecular complexity index is 478. The Hall–Kier alpha value is -1.95. The van der Waals surface area contributed by atoms with Crippen LogP contribution in [0.25, 0.3) is 0 Å². The van der Waals surface area contributed by atoms with Crippen molar-refractivity contribution in [3.8, 4) is 5.75 Å². The first-order valence-corrected chi connectivity index (χ1v) is 6.56. The van der Waals surface area contributed by atoms with Gasteiger partial charge in [0.05, 0.1) is 18.8 Å². The van der Waals surface area contributed by atoms with Crippen molar-refractivity contribution in [1.29, 1.82) is 0 Å². The van der Waals surface area contributed by atoms with Crippen LogP contribution in [0.5, 0.6) is 5.75 Å². The fraction of sp³-hybridized carbons (Fsp3) is 0.500. The molecule has 1 atom stereocenters. The van der Waals surface area contributed by atoms with Crippen molar-refractivity contribution in [2.45, 2.75) is 13.0 Å². The molecule has 110 valence electrons.